The average Bonchev–Trinajstić information content (AvgIpc) is 2.57. The van der Waals surface area contributed by atoms with Crippen molar-refractivity contribution in [3.63, 3.8) is 0 Å². The fraction of sp³-hybridized carbons (Fsp3) is 0.900. The van der Waals surface area contributed by atoms with Crippen LogP contribution < -0.4 is 0 Å². The molecule has 0 aromatic heterocycles. The number of carbonyl (C=O) groups is 2. The van der Waals surface area contributed by atoms with Crippen LogP contribution in [0.15, 0.2) is 0 Å². The second kappa shape index (κ2) is 17.3. The third-order valence-electron chi connectivity index (χ3n) is 4.33. The third kappa shape index (κ3) is 18.1. The monoisotopic (exact) mass is 448 g/mol. The zero-order valence-corrected chi connectivity index (χ0v) is 20.8. The van der Waals surface area contributed by atoms with E-state index in [-0.39, 0.29) is 39.1 Å². The van der Waals surface area contributed by atoms with E-state index in [0.29, 0.717) is 24.7 Å². The molecule has 1 N–H and O–H groups in total. The number of rotatable bonds is 16. The van der Waals surface area contributed by atoms with Gasteiger partial charge in [-0.05, 0) is 24.7 Å². The summed E-state index contributed by atoms with van der Waals surface area (Å²) in [6.45, 7) is 8.76. The Balaban J connectivity index is -0.00000121. The summed E-state index contributed by atoms with van der Waals surface area (Å²) in [6.07, 6.45) is 6.52. The molecule has 1 atom stereocenters. The minimum Gasteiger partial charge on any atom is -1.00 e. The van der Waals surface area contributed by atoms with Gasteiger partial charge < -0.3 is 12.3 Å². The quantitative estimate of drug-likeness (QED) is 0.164. The summed E-state index contributed by atoms with van der Waals surface area (Å²) in [5.41, 5.74) is 0. The molecule has 0 aliphatic heterocycles. The van der Waals surface area contributed by atoms with E-state index in [1.807, 2.05) is 0 Å². The van der Waals surface area contributed by atoms with E-state index < -0.39 is 33.7 Å². The Hall–Kier alpha value is -0.384. The van der Waals surface area contributed by atoms with Crippen LogP contribution in [-0.2, 0) is 29.2 Å². The molecular weight excluding hydrogens is 409 g/mol. The van der Waals surface area contributed by atoms with Gasteiger partial charge in [-0.1, -0.05) is 66.2 Å². The molecule has 0 aliphatic carbocycles. The Morgan fingerprint density at radius 2 is 1.28 bits per heavy atom. The van der Waals surface area contributed by atoms with Gasteiger partial charge in [-0.3, -0.25) is 14.1 Å². The molecule has 0 radical (unpaired) electrons. The predicted molar refractivity (Wildman–Crippen MR) is 116 cm³/mol. The van der Waals surface area contributed by atoms with Crippen molar-refractivity contribution in [1.82, 2.24) is 0 Å². The SMILES string of the molecule is CC(C)CCCCCOC(=O)CC(C(=O)OCCCCCC(C)C)S(=O)(=O)O.[H-].[H-].[Mg+2]. The standard InChI is InChI=1S/C20H38O7S.Mg.2H/c1-16(2)11-7-5-9-13-26-19(21)15-18(28(23,24)25)20(22)27-14-10-6-8-12-17(3)4;;;/h16-18H,5-15H2,1-4H3,(H,23,24,25);;;/q;+2;2*-1. The summed E-state index contributed by atoms with van der Waals surface area (Å²) in [5.74, 6) is -0.715. The Kier molecular flexibility index (Phi) is 18.4. The molecule has 29 heavy (non-hydrogen) atoms. The molecule has 0 rings (SSSR count). The van der Waals surface area contributed by atoms with Crippen molar-refractivity contribution in [3.05, 3.63) is 0 Å². The summed E-state index contributed by atoms with van der Waals surface area (Å²) < 4.78 is 42.1. The number of ether oxygens (including phenoxy) is 2. The van der Waals surface area contributed by atoms with Crippen LogP contribution in [0.2, 0.25) is 0 Å². The zero-order chi connectivity index (χ0) is 21.6. The van der Waals surface area contributed by atoms with Crippen LogP contribution in [0.25, 0.3) is 0 Å². The molecule has 7 nitrogen and oxygen atoms in total. The topological polar surface area (TPSA) is 107 Å². The number of hydrogen-bond acceptors (Lipinski definition) is 6. The van der Waals surface area contributed by atoms with Gasteiger partial charge in [0.2, 0.25) is 0 Å². The van der Waals surface area contributed by atoms with Crippen LogP contribution in [0.4, 0.5) is 0 Å². The smallest absolute Gasteiger partial charge is 1.00 e. The molecule has 0 saturated heterocycles. The summed E-state index contributed by atoms with van der Waals surface area (Å²) in [7, 11) is -4.74. The fourth-order valence-electron chi connectivity index (χ4n) is 2.64. The molecular formula is C20H40MgO7S. The first-order valence-electron chi connectivity index (χ1n) is 10.3. The van der Waals surface area contributed by atoms with Gasteiger partial charge in [0.25, 0.3) is 10.1 Å². The molecule has 0 aliphatic rings. The Bertz CT molecular complexity index is 558. The van der Waals surface area contributed by atoms with E-state index in [0.717, 1.165) is 38.5 Å². The summed E-state index contributed by atoms with van der Waals surface area (Å²) in [4.78, 5) is 23.8. The van der Waals surface area contributed by atoms with Gasteiger partial charge in [0.1, 0.15) is 0 Å². The van der Waals surface area contributed by atoms with Gasteiger partial charge in [0.05, 0.1) is 19.6 Å². The van der Waals surface area contributed by atoms with Crippen LogP contribution >= 0.6 is 0 Å². The maximum atomic E-state index is 12.0. The van der Waals surface area contributed by atoms with E-state index in [9.17, 15) is 22.6 Å². The second-order valence-corrected chi connectivity index (χ2v) is 9.68. The number of carbonyl (C=O) groups excluding carboxylic acids is 2. The third-order valence-corrected chi connectivity index (χ3v) is 5.41. The van der Waals surface area contributed by atoms with Crippen molar-refractivity contribution in [3.8, 4) is 0 Å². The molecule has 0 aromatic carbocycles. The molecule has 0 amide bonds. The molecule has 0 bridgehead atoms. The maximum Gasteiger partial charge on any atom is 2.00 e. The van der Waals surface area contributed by atoms with Crippen LogP contribution in [-0.4, -0.2) is 66.4 Å². The van der Waals surface area contributed by atoms with Crippen molar-refractivity contribution in [2.75, 3.05) is 13.2 Å². The predicted octanol–water partition coefficient (Wildman–Crippen LogP) is 4.00. The molecule has 0 saturated carbocycles. The van der Waals surface area contributed by atoms with Gasteiger partial charge in [0, 0.05) is 0 Å². The summed E-state index contributed by atoms with van der Waals surface area (Å²) >= 11 is 0. The van der Waals surface area contributed by atoms with Crippen molar-refractivity contribution in [2.24, 2.45) is 11.8 Å². The van der Waals surface area contributed by atoms with E-state index >= 15 is 0 Å². The Labute approximate surface area is 195 Å². The van der Waals surface area contributed by atoms with Crippen LogP contribution in [0, 0.1) is 11.8 Å². The summed E-state index contributed by atoms with van der Waals surface area (Å²) in [5, 5.41) is -1.93. The largest absolute Gasteiger partial charge is 2.00 e. The molecule has 0 spiro atoms. The van der Waals surface area contributed by atoms with Crippen molar-refractivity contribution in [2.45, 2.75) is 90.7 Å². The Morgan fingerprint density at radius 1 is 0.828 bits per heavy atom. The first-order valence-corrected chi connectivity index (χ1v) is 11.8. The first kappa shape index (κ1) is 30.8. The van der Waals surface area contributed by atoms with Crippen molar-refractivity contribution in [1.29, 1.82) is 0 Å². The number of unbranched alkanes of at least 4 members (excludes halogenated alkanes) is 4. The zero-order valence-electron chi connectivity index (χ0n) is 20.5. The van der Waals surface area contributed by atoms with Gasteiger partial charge >= 0.3 is 35.0 Å². The molecule has 0 aromatic rings. The van der Waals surface area contributed by atoms with Crippen LogP contribution in [0.5, 0.6) is 0 Å². The maximum absolute atomic E-state index is 12.0. The number of esters is 2. The van der Waals surface area contributed by atoms with Crippen molar-refractivity contribution >= 4 is 45.1 Å². The van der Waals surface area contributed by atoms with Gasteiger partial charge in [-0.15, -0.1) is 0 Å². The first-order chi connectivity index (χ1) is 13.0. The number of hydrogen-bond donors (Lipinski definition) is 1. The normalized spacial score (nSPS) is 12.5. The fourth-order valence-corrected chi connectivity index (χ4v) is 3.29. The molecule has 9 heteroatoms. The van der Waals surface area contributed by atoms with E-state index in [1.54, 1.807) is 0 Å². The van der Waals surface area contributed by atoms with E-state index in [4.69, 9.17) is 9.47 Å². The molecule has 0 heterocycles. The minimum absolute atomic E-state index is 0. The minimum atomic E-state index is -4.74. The summed E-state index contributed by atoms with van der Waals surface area (Å²) in [6, 6.07) is 0. The molecule has 170 valence electrons. The second-order valence-electron chi connectivity index (χ2n) is 8.08. The van der Waals surface area contributed by atoms with Gasteiger partial charge in [-0.25, -0.2) is 0 Å². The van der Waals surface area contributed by atoms with Crippen LogP contribution in [0.3, 0.4) is 0 Å². The van der Waals surface area contributed by atoms with Crippen molar-refractivity contribution < 1.29 is 34.9 Å². The molecule has 0 fully saturated rings. The Morgan fingerprint density at radius 3 is 1.69 bits per heavy atom. The van der Waals surface area contributed by atoms with Crippen LogP contribution in [0.1, 0.15) is 88.3 Å². The molecule has 1 unspecified atom stereocenters. The van der Waals surface area contributed by atoms with Gasteiger partial charge in [0.15, 0.2) is 5.25 Å². The van der Waals surface area contributed by atoms with Gasteiger partial charge in [-0.2, -0.15) is 8.42 Å². The average molecular weight is 449 g/mol. The van der Waals surface area contributed by atoms with E-state index in [1.165, 1.54) is 0 Å². The van der Waals surface area contributed by atoms with E-state index in [2.05, 4.69) is 27.7 Å².